The molecule has 0 aliphatic heterocycles. The van der Waals surface area contributed by atoms with Crippen molar-refractivity contribution in [1.29, 1.82) is 0 Å². The molecule has 1 heterocycles. The molecular weight excluding hydrogens is 348 g/mol. The summed E-state index contributed by atoms with van der Waals surface area (Å²) in [6.45, 7) is 1.60. The Balaban J connectivity index is 1.27. The van der Waals surface area contributed by atoms with Crippen molar-refractivity contribution in [2.24, 2.45) is 0 Å². The highest BCUT2D eigenvalue weighted by Gasteiger charge is 2.10. The highest BCUT2D eigenvalue weighted by Crippen LogP contribution is 2.19. The smallest absolute Gasteiger partial charge is 0.119 e. The first-order valence-electron chi connectivity index (χ1n) is 9.87. The zero-order valence-corrected chi connectivity index (χ0v) is 16.3. The largest absolute Gasteiger partial charge is 0.497 e. The molecule has 0 unspecified atom stereocenters. The Bertz CT molecular complexity index is 941. The van der Waals surface area contributed by atoms with Crippen LogP contribution in [0.5, 0.6) is 11.5 Å². The Kier molecular flexibility index (Phi) is 5.76. The van der Waals surface area contributed by atoms with Crippen LogP contribution in [0.3, 0.4) is 0 Å². The van der Waals surface area contributed by atoms with Gasteiger partial charge in [-0.1, -0.05) is 30.3 Å². The van der Waals surface area contributed by atoms with Crippen LogP contribution < -0.4 is 9.47 Å². The standard InChI is InChI=1S/C24H26N2O2/c1-27-22-6-4-5-20(17-22)14-16-28-21-11-9-19(10-12-21)13-15-26-18-25-23-7-2-3-8-24(23)26/h3-6,8-12,17-18H,2,7,13-16H2,1H3. The summed E-state index contributed by atoms with van der Waals surface area (Å²) < 4.78 is 13.4. The highest BCUT2D eigenvalue weighted by molar-refractivity contribution is 5.50. The van der Waals surface area contributed by atoms with Gasteiger partial charge in [-0.15, -0.1) is 0 Å². The Hall–Kier alpha value is -3.01. The minimum Gasteiger partial charge on any atom is -0.497 e. The van der Waals surface area contributed by atoms with E-state index in [4.69, 9.17) is 9.47 Å². The van der Waals surface area contributed by atoms with Gasteiger partial charge in [0.05, 0.1) is 31.4 Å². The van der Waals surface area contributed by atoms with Gasteiger partial charge in [-0.25, -0.2) is 4.98 Å². The molecule has 0 spiro atoms. The van der Waals surface area contributed by atoms with E-state index in [1.807, 2.05) is 18.5 Å². The lowest BCUT2D eigenvalue weighted by Gasteiger charge is -2.10. The molecule has 0 amide bonds. The van der Waals surface area contributed by atoms with Gasteiger partial charge in [0, 0.05) is 13.0 Å². The predicted octanol–water partition coefficient (Wildman–Crippen LogP) is 4.72. The summed E-state index contributed by atoms with van der Waals surface area (Å²) in [7, 11) is 1.69. The Morgan fingerprint density at radius 2 is 1.89 bits per heavy atom. The minimum absolute atomic E-state index is 0.653. The lowest BCUT2D eigenvalue weighted by atomic mass is 10.1. The second kappa shape index (κ2) is 8.79. The molecular formula is C24H26N2O2. The van der Waals surface area contributed by atoms with Crippen LogP contribution in [0, 0.1) is 0 Å². The van der Waals surface area contributed by atoms with Crippen LogP contribution in [0.2, 0.25) is 0 Å². The number of hydrogen-bond acceptors (Lipinski definition) is 3. The van der Waals surface area contributed by atoms with Gasteiger partial charge in [0.15, 0.2) is 0 Å². The summed E-state index contributed by atoms with van der Waals surface area (Å²) in [5.41, 5.74) is 5.02. The van der Waals surface area contributed by atoms with Crippen molar-refractivity contribution in [3.8, 4) is 11.5 Å². The Morgan fingerprint density at radius 3 is 2.75 bits per heavy atom. The van der Waals surface area contributed by atoms with Gasteiger partial charge in [-0.05, 0) is 60.7 Å². The highest BCUT2D eigenvalue weighted by atomic mass is 16.5. The molecule has 2 aromatic carbocycles. The number of imidazole rings is 1. The fourth-order valence-corrected chi connectivity index (χ4v) is 3.53. The number of benzene rings is 2. The maximum absolute atomic E-state index is 5.90. The number of nitrogens with zero attached hydrogens (tertiary/aromatic N) is 2. The molecule has 1 aliphatic carbocycles. The molecule has 28 heavy (non-hydrogen) atoms. The van der Waals surface area contributed by atoms with E-state index in [0.717, 1.165) is 43.7 Å². The van der Waals surface area contributed by atoms with E-state index in [-0.39, 0.29) is 0 Å². The first kappa shape index (κ1) is 18.4. The van der Waals surface area contributed by atoms with Crippen molar-refractivity contribution in [3.05, 3.63) is 83.4 Å². The molecule has 0 N–H and O–H groups in total. The average Bonchev–Trinajstić information content (AvgIpc) is 3.16. The molecule has 4 nitrogen and oxygen atoms in total. The number of rotatable bonds is 8. The van der Waals surface area contributed by atoms with Crippen molar-refractivity contribution in [3.63, 3.8) is 0 Å². The van der Waals surface area contributed by atoms with Crippen LogP contribution >= 0.6 is 0 Å². The first-order valence-corrected chi connectivity index (χ1v) is 9.87. The van der Waals surface area contributed by atoms with E-state index >= 15 is 0 Å². The molecule has 0 radical (unpaired) electrons. The maximum Gasteiger partial charge on any atom is 0.119 e. The fraction of sp³-hybridized carbons (Fsp3) is 0.292. The van der Waals surface area contributed by atoms with Crippen molar-refractivity contribution >= 4 is 6.08 Å². The number of hydrogen-bond donors (Lipinski definition) is 0. The van der Waals surface area contributed by atoms with Crippen LogP contribution in [-0.4, -0.2) is 23.3 Å². The molecule has 0 bridgehead atoms. The topological polar surface area (TPSA) is 36.3 Å². The molecule has 0 saturated heterocycles. The quantitative estimate of drug-likeness (QED) is 0.573. The van der Waals surface area contributed by atoms with Gasteiger partial charge in [-0.3, -0.25) is 0 Å². The molecule has 144 valence electrons. The second-order valence-electron chi connectivity index (χ2n) is 7.05. The maximum atomic E-state index is 5.90. The van der Waals surface area contributed by atoms with Crippen LogP contribution in [0.4, 0.5) is 0 Å². The summed E-state index contributed by atoms with van der Waals surface area (Å²) in [6, 6.07) is 16.5. The van der Waals surface area contributed by atoms with Crippen molar-refractivity contribution in [2.45, 2.75) is 32.2 Å². The third-order valence-corrected chi connectivity index (χ3v) is 5.14. The van der Waals surface area contributed by atoms with Crippen molar-refractivity contribution < 1.29 is 9.47 Å². The van der Waals surface area contributed by atoms with Gasteiger partial charge in [0.25, 0.3) is 0 Å². The van der Waals surface area contributed by atoms with Gasteiger partial charge >= 0.3 is 0 Å². The third kappa shape index (κ3) is 4.45. The summed E-state index contributed by atoms with van der Waals surface area (Å²) >= 11 is 0. The van der Waals surface area contributed by atoms with E-state index in [2.05, 4.69) is 58.1 Å². The summed E-state index contributed by atoms with van der Waals surface area (Å²) in [5.74, 6) is 1.80. The second-order valence-corrected chi connectivity index (χ2v) is 7.05. The summed E-state index contributed by atoms with van der Waals surface area (Å²) in [5, 5.41) is 0. The number of fused-ring (bicyclic) bond motifs is 1. The molecule has 0 saturated carbocycles. The minimum atomic E-state index is 0.653. The first-order chi connectivity index (χ1) is 13.8. The zero-order valence-electron chi connectivity index (χ0n) is 16.3. The van der Waals surface area contributed by atoms with E-state index in [1.165, 1.54) is 22.5 Å². The van der Waals surface area contributed by atoms with Gasteiger partial charge in [0.1, 0.15) is 11.5 Å². The van der Waals surface area contributed by atoms with Gasteiger partial charge in [-0.2, -0.15) is 0 Å². The molecule has 3 aromatic rings. The van der Waals surface area contributed by atoms with E-state index in [1.54, 1.807) is 7.11 Å². The molecule has 4 rings (SSSR count). The third-order valence-electron chi connectivity index (χ3n) is 5.14. The van der Waals surface area contributed by atoms with E-state index < -0.39 is 0 Å². The lowest BCUT2D eigenvalue weighted by Crippen LogP contribution is -2.05. The van der Waals surface area contributed by atoms with Gasteiger partial charge < -0.3 is 14.0 Å². The average molecular weight is 374 g/mol. The monoisotopic (exact) mass is 374 g/mol. The molecule has 1 aliphatic rings. The molecule has 0 atom stereocenters. The number of aryl methyl sites for hydroxylation is 3. The SMILES string of the molecule is COc1cccc(CCOc2ccc(CCn3cnc4c3C=CCC4)cc2)c1. The number of methoxy groups -OCH3 is 1. The zero-order chi connectivity index (χ0) is 19.2. The number of aromatic nitrogens is 2. The van der Waals surface area contributed by atoms with Crippen LogP contribution in [0.1, 0.15) is 28.9 Å². The fourth-order valence-electron chi connectivity index (χ4n) is 3.53. The van der Waals surface area contributed by atoms with Gasteiger partial charge in [0.2, 0.25) is 0 Å². The van der Waals surface area contributed by atoms with Crippen LogP contribution in [-0.2, 0) is 25.8 Å². The van der Waals surface area contributed by atoms with E-state index in [9.17, 15) is 0 Å². The summed E-state index contributed by atoms with van der Waals surface area (Å²) in [6.07, 6.45) is 10.4. The molecule has 4 heteroatoms. The van der Waals surface area contributed by atoms with E-state index in [0.29, 0.717) is 6.61 Å². The number of allylic oxidation sites excluding steroid dienone is 1. The molecule has 1 aromatic heterocycles. The van der Waals surface area contributed by atoms with Crippen LogP contribution in [0.25, 0.3) is 6.08 Å². The lowest BCUT2D eigenvalue weighted by molar-refractivity contribution is 0.321. The predicted molar refractivity (Wildman–Crippen MR) is 112 cm³/mol. The van der Waals surface area contributed by atoms with Crippen molar-refractivity contribution in [1.82, 2.24) is 9.55 Å². The number of ether oxygens (including phenoxy) is 2. The summed E-state index contributed by atoms with van der Waals surface area (Å²) in [4.78, 5) is 4.54. The Labute approximate surface area is 166 Å². The molecule has 0 fully saturated rings. The van der Waals surface area contributed by atoms with Crippen molar-refractivity contribution in [2.75, 3.05) is 13.7 Å². The Morgan fingerprint density at radius 1 is 1.00 bits per heavy atom. The normalized spacial score (nSPS) is 12.6. The van der Waals surface area contributed by atoms with Crippen LogP contribution in [0.15, 0.2) is 60.9 Å².